The molecule has 0 heterocycles. The van der Waals surface area contributed by atoms with E-state index >= 15 is 0 Å². The first kappa shape index (κ1) is 24.8. The number of nitrogens with zero attached hydrogens (tertiary/aromatic N) is 1. The molecule has 0 saturated heterocycles. The van der Waals surface area contributed by atoms with Crippen LogP contribution in [0.5, 0.6) is 5.75 Å². The van der Waals surface area contributed by atoms with Gasteiger partial charge in [0.2, 0.25) is 0 Å². The summed E-state index contributed by atoms with van der Waals surface area (Å²) < 4.78 is 5.57. The van der Waals surface area contributed by atoms with Gasteiger partial charge in [0.25, 0.3) is 5.91 Å². The topological polar surface area (TPSA) is 109 Å². The van der Waals surface area contributed by atoms with Gasteiger partial charge in [-0.3, -0.25) is 14.4 Å². The van der Waals surface area contributed by atoms with Crippen molar-refractivity contribution in [3.63, 3.8) is 0 Å². The van der Waals surface area contributed by atoms with E-state index in [1.165, 1.54) is 12.3 Å². The van der Waals surface area contributed by atoms with Gasteiger partial charge < -0.3 is 15.4 Å². The zero-order valence-electron chi connectivity index (χ0n) is 18.0. The number of nitrogens with one attached hydrogen (secondary N) is 3. The number of hydrogen-bond donors (Lipinski definition) is 3. The van der Waals surface area contributed by atoms with Crippen molar-refractivity contribution in [1.82, 2.24) is 5.43 Å². The SMILES string of the molecule is Cc1ccccc1NC(=O)C(=O)N/N=C/c1ccccc1OCC(=O)Nc1ccc(Cl)c(Cl)c1. The Morgan fingerprint density at radius 3 is 2.41 bits per heavy atom. The van der Waals surface area contributed by atoms with Crippen molar-refractivity contribution < 1.29 is 19.1 Å². The number of carbonyl (C=O) groups is 3. The van der Waals surface area contributed by atoms with E-state index in [9.17, 15) is 14.4 Å². The van der Waals surface area contributed by atoms with Gasteiger partial charge in [-0.05, 0) is 48.9 Å². The standard InChI is InChI=1S/C24H20Cl2N4O4/c1-15-6-2-4-8-20(15)29-23(32)24(33)30-27-13-16-7-3-5-9-21(16)34-14-22(31)28-17-10-11-18(25)19(26)12-17/h2-13H,14H2,1H3,(H,28,31)(H,29,32)(H,30,33)/b27-13+. The molecule has 3 aromatic rings. The molecule has 0 bridgehead atoms. The van der Waals surface area contributed by atoms with Crippen molar-refractivity contribution in [3.8, 4) is 5.75 Å². The average molecular weight is 499 g/mol. The molecule has 0 aliphatic rings. The molecule has 0 saturated carbocycles. The largest absolute Gasteiger partial charge is 0.483 e. The molecule has 3 amide bonds. The lowest BCUT2D eigenvalue weighted by Gasteiger charge is -2.10. The van der Waals surface area contributed by atoms with Crippen molar-refractivity contribution in [2.24, 2.45) is 5.10 Å². The molecule has 10 heteroatoms. The highest BCUT2D eigenvalue weighted by Crippen LogP contribution is 2.25. The molecule has 34 heavy (non-hydrogen) atoms. The Labute approximate surface area is 205 Å². The number of rotatable bonds is 7. The number of amides is 3. The number of anilines is 2. The van der Waals surface area contributed by atoms with Crippen molar-refractivity contribution in [1.29, 1.82) is 0 Å². The maximum Gasteiger partial charge on any atom is 0.329 e. The predicted molar refractivity (Wildman–Crippen MR) is 133 cm³/mol. The monoisotopic (exact) mass is 498 g/mol. The van der Waals surface area contributed by atoms with Crippen molar-refractivity contribution >= 4 is 58.5 Å². The van der Waals surface area contributed by atoms with E-state index in [1.807, 2.05) is 19.1 Å². The third-order valence-corrected chi connectivity index (χ3v) is 5.19. The first-order valence-corrected chi connectivity index (χ1v) is 10.8. The summed E-state index contributed by atoms with van der Waals surface area (Å²) in [5.74, 6) is -1.84. The van der Waals surface area contributed by atoms with E-state index in [4.69, 9.17) is 27.9 Å². The Bertz CT molecular complexity index is 1250. The van der Waals surface area contributed by atoms with Gasteiger partial charge >= 0.3 is 11.8 Å². The molecule has 3 aromatic carbocycles. The second kappa shape index (κ2) is 11.8. The van der Waals surface area contributed by atoms with Gasteiger partial charge in [0.1, 0.15) is 5.75 Å². The minimum atomic E-state index is -0.932. The molecule has 0 atom stereocenters. The van der Waals surface area contributed by atoms with Gasteiger partial charge in [-0.25, -0.2) is 5.43 Å². The lowest BCUT2D eigenvalue weighted by Crippen LogP contribution is -2.32. The first-order valence-electron chi connectivity index (χ1n) is 10.00. The van der Waals surface area contributed by atoms with Gasteiger partial charge in [-0.1, -0.05) is 53.5 Å². The molecular weight excluding hydrogens is 479 g/mol. The molecule has 174 valence electrons. The summed E-state index contributed by atoms with van der Waals surface area (Å²) in [5, 5.41) is 9.67. The van der Waals surface area contributed by atoms with E-state index in [1.54, 1.807) is 48.5 Å². The molecule has 8 nitrogen and oxygen atoms in total. The lowest BCUT2D eigenvalue weighted by molar-refractivity contribution is -0.136. The summed E-state index contributed by atoms with van der Waals surface area (Å²) in [7, 11) is 0. The highest BCUT2D eigenvalue weighted by atomic mass is 35.5. The first-order chi connectivity index (χ1) is 16.3. The fourth-order valence-electron chi connectivity index (χ4n) is 2.74. The van der Waals surface area contributed by atoms with Crippen molar-refractivity contribution in [2.45, 2.75) is 6.92 Å². The Kier molecular flexibility index (Phi) is 8.61. The van der Waals surface area contributed by atoms with Crippen LogP contribution in [0.1, 0.15) is 11.1 Å². The summed E-state index contributed by atoms with van der Waals surface area (Å²) in [6.45, 7) is 1.53. The van der Waals surface area contributed by atoms with Crippen LogP contribution in [0, 0.1) is 6.92 Å². The molecule has 0 aliphatic heterocycles. The Morgan fingerprint density at radius 1 is 0.912 bits per heavy atom. The quantitative estimate of drug-likeness (QED) is 0.254. The number of aryl methyl sites for hydroxylation is 1. The minimum absolute atomic E-state index is 0.281. The van der Waals surface area contributed by atoms with Gasteiger partial charge in [0, 0.05) is 16.9 Å². The normalized spacial score (nSPS) is 10.6. The number of carbonyl (C=O) groups excluding carboxylic acids is 3. The van der Waals surface area contributed by atoms with Crippen LogP contribution < -0.4 is 20.8 Å². The third kappa shape index (κ3) is 7.06. The van der Waals surface area contributed by atoms with Crippen molar-refractivity contribution in [3.05, 3.63) is 87.9 Å². The van der Waals surface area contributed by atoms with Gasteiger partial charge in [0.05, 0.1) is 16.3 Å². The van der Waals surface area contributed by atoms with Crippen LogP contribution in [0.25, 0.3) is 0 Å². The summed E-state index contributed by atoms with van der Waals surface area (Å²) in [4.78, 5) is 36.3. The summed E-state index contributed by atoms with van der Waals surface area (Å²) >= 11 is 11.8. The average Bonchev–Trinajstić information content (AvgIpc) is 2.82. The Morgan fingerprint density at radius 2 is 1.65 bits per heavy atom. The molecule has 0 unspecified atom stereocenters. The van der Waals surface area contributed by atoms with Crippen LogP contribution in [0.4, 0.5) is 11.4 Å². The number of para-hydroxylation sites is 2. The maximum absolute atomic E-state index is 12.2. The third-order valence-electron chi connectivity index (χ3n) is 4.45. The van der Waals surface area contributed by atoms with E-state index in [-0.39, 0.29) is 6.61 Å². The van der Waals surface area contributed by atoms with Crippen LogP contribution >= 0.6 is 23.2 Å². The number of benzene rings is 3. The summed E-state index contributed by atoms with van der Waals surface area (Å²) in [6.07, 6.45) is 1.31. The fourth-order valence-corrected chi connectivity index (χ4v) is 3.03. The van der Waals surface area contributed by atoms with Gasteiger partial charge in [-0.15, -0.1) is 0 Å². The highest BCUT2D eigenvalue weighted by molar-refractivity contribution is 6.42. The van der Waals surface area contributed by atoms with Crippen LogP contribution in [-0.2, 0) is 14.4 Å². The van der Waals surface area contributed by atoms with E-state index in [0.29, 0.717) is 32.7 Å². The molecule has 0 spiro atoms. The van der Waals surface area contributed by atoms with Crippen LogP contribution in [0.15, 0.2) is 71.8 Å². The zero-order valence-corrected chi connectivity index (χ0v) is 19.5. The van der Waals surface area contributed by atoms with E-state index in [2.05, 4.69) is 21.2 Å². The molecule has 0 fully saturated rings. The smallest absolute Gasteiger partial charge is 0.329 e. The second-order valence-electron chi connectivity index (χ2n) is 6.97. The van der Waals surface area contributed by atoms with Gasteiger partial charge in [-0.2, -0.15) is 5.10 Å². The zero-order chi connectivity index (χ0) is 24.5. The number of hydrogen-bond acceptors (Lipinski definition) is 5. The molecule has 3 rings (SSSR count). The number of halogens is 2. The Hall–Kier alpha value is -3.88. The maximum atomic E-state index is 12.2. The number of ether oxygens (including phenoxy) is 1. The van der Waals surface area contributed by atoms with Crippen LogP contribution in [-0.4, -0.2) is 30.5 Å². The predicted octanol–water partition coefficient (Wildman–Crippen LogP) is 4.41. The molecule has 0 radical (unpaired) electrons. The lowest BCUT2D eigenvalue weighted by atomic mass is 10.2. The fraction of sp³-hybridized carbons (Fsp3) is 0.0833. The molecule has 3 N–H and O–H groups in total. The van der Waals surface area contributed by atoms with Crippen LogP contribution in [0.3, 0.4) is 0 Å². The molecule has 0 aliphatic carbocycles. The minimum Gasteiger partial charge on any atom is -0.483 e. The second-order valence-corrected chi connectivity index (χ2v) is 7.79. The summed E-state index contributed by atoms with van der Waals surface area (Å²) in [6, 6.07) is 18.6. The van der Waals surface area contributed by atoms with E-state index in [0.717, 1.165) is 5.56 Å². The highest BCUT2D eigenvalue weighted by Gasteiger charge is 2.14. The number of hydrazone groups is 1. The van der Waals surface area contributed by atoms with Crippen LogP contribution in [0.2, 0.25) is 10.0 Å². The molecule has 0 aromatic heterocycles. The van der Waals surface area contributed by atoms with E-state index < -0.39 is 17.7 Å². The summed E-state index contributed by atoms with van der Waals surface area (Å²) in [5.41, 5.74) is 4.48. The molecular formula is C24H20Cl2N4O4. The van der Waals surface area contributed by atoms with Gasteiger partial charge in [0.15, 0.2) is 6.61 Å². The Balaban J connectivity index is 1.54. The van der Waals surface area contributed by atoms with Crippen molar-refractivity contribution in [2.75, 3.05) is 17.2 Å².